The van der Waals surface area contributed by atoms with Crippen molar-refractivity contribution in [1.82, 2.24) is 9.97 Å². The van der Waals surface area contributed by atoms with Crippen molar-refractivity contribution in [2.45, 2.75) is 25.2 Å². The van der Waals surface area contributed by atoms with E-state index in [4.69, 9.17) is 11.1 Å². The highest BCUT2D eigenvalue weighted by atomic mass is 19.3. The summed E-state index contributed by atoms with van der Waals surface area (Å²) in [5.41, 5.74) is 6.33. The van der Waals surface area contributed by atoms with Gasteiger partial charge in [-0.3, -0.25) is 0 Å². The number of aromatic nitrogens is 2. The molecule has 3 aromatic rings. The third-order valence-electron chi connectivity index (χ3n) is 4.76. The van der Waals surface area contributed by atoms with Crippen molar-refractivity contribution in [1.29, 1.82) is 5.41 Å². The second-order valence-corrected chi connectivity index (χ2v) is 7.05. The van der Waals surface area contributed by atoms with Crippen molar-refractivity contribution in [3.05, 3.63) is 65.7 Å². The van der Waals surface area contributed by atoms with Crippen molar-refractivity contribution >= 4 is 28.3 Å². The fourth-order valence-electron chi connectivity index (χ4n) is 3.02. The quantitative estimate of drug-likeness (QED) is 0.466. The summed E-state index contributed by atoms with van der Waals surface area (Å²) in [7, 11) is 0. The highest BCUT2D eigenvalue weighted by Crippen LogP contribution is 2.36. The molecule has 29 heavy (non-hydrogen) atoms. The van der Waals surface area contributed by atoms with Gasteiger partial charge in [0.25, 0.3) is 0 Å². The van der Waals surface area contributed by atoms with Gasteiger partial charge in [0.15, 0.2) is 5.82 Å². The van der Waals surface area contributed by atoms with Gasteiger partial charge in [0.2, 0.25) is 5.82 Å². The molecule has 0 spiro atoms. The fraction of sp³-hybridized carbons (Fsp3) is 0.238. The third kappa shape index (κ3) is 3.96. The lowest BCUT2D eigenvalue weighted by Crippen LogP contribution is -2.20. The van der Waals surface area contributed by atoms with E-state index in [1.165, 1.54) is 0 Å². The minimum Gasteiger partial charge on any atom is -0.387 e. The molecule has 0 bridgehead atoms. The number of nitrogens with zero attached hydrogens (tertiary/aromatic N) is 3. The molecule has 0 amide bonds. The van der Waals surface area contributed by atoms with Gasteiger partial charge in [-0.2, -0.15) is 8.78 Å². The smallest absolute Gasteiger partial charge is 0.331 e. The zero-order chi connectivity index (χ0) is 20.6. The van der Waals surface area contributed by atoms with Gasteiger partial charge in [-0.1, -0.05) is 12.1 Å². The second kappa shape index (κ2) is 7.27. The molecule has 2 aromatic carbocycles. The number of alkyl halides is 2. The van der Waals surface area contributed by atoms with Gasteiger partial charge in [-0.25, -0.2) is 19.4 Å². The van der Waals surface area contributed by atoms with Crippen molar-refractivity contribution in [2.75, 3.05) is 0 Å². The zero-order valence-electron chi connectivity index (χ0n) is 15.4. The Labute approximate surface area is 165 Å². The van der Waals surface area contributed by atoms with Crippen molar-refractivity contribution in [2.24, 2.45) is 16.6 Å². The second-order valence-electron chi connectivity index (χ2n) is 7.05. The van der Waals surface area contributed by atoms with E-state index in [1.54, 1.807) is 24.3 Å². The monoisotopic (exact) mass is 397 g/mol. The summed E-state index contributed by atoms with van der Waals surface area (Å²) in [4.78, 5) is 12.2. The molecule has 0 radical (unpaired) electrons. The molecule has 1 aromatic heterocycles. The minimum atomic E-state index is -3.54. The standard InChI is InChI=1S/C21H18F3N5/c22-14-9-7-13(8-10-14)21(23,24)20-27-17-4-2-1-3-15(17)19(29-20)28-18(26)11-16(25)12-5-6-12/h1-4,7-10,12,25H,5-6,11H2,(H2,26,27,28,29). The summed E-state index contributed by atoms with van der Waals surface area (Å²) < 4.78 is 43.2. The number of nitrogens with two attached hydrogens (primary N) is 1. The van der Waals surface area contributed by atoms with Crippen LogP contribution in [0.5, 0.6) is 0 Å². The van der Waals surface area contributed by atoms with Crippen molar-refractivity contribution < 1.29 is 13.2 Å². The molecule has 1 aliphatic rings. The van der Waals surface area contributed by atoms with E-state index in [9.17, 15) is 4.39 Å². The number of halogens is 3. The van der Waals surface area contributed by atoms with Gasteiger partial charge in [0, 0.05) is 23.1 Å². The van der Waals surface area contributed by atoms with Gasteiger partial charge >= 0.3 is 5.92 Å². The number of rotatable bonds is 6. The topological polar surface area (TPSA) is 88.0 Å². The molecule has 1 fully saturated rings. The number of para-hydroxylation sites is 1. The summed E-state index contributed by atoms with van der Waals surface area (Å²) >= 11 is 0. The average Bonchev–Trinajstić information content (AvgIpc) is 3.53. The van der Waals surface area contributed by atoms with Crippen molar-refractivity contribution in [3.8, 4) is 0 Å². The molecule has 3 N–H and O–H groups in total. The molecule has 0 saturated heterocycles. The summed E-state index contributed by atoms with van der Waals surface area (Å²) in [5, 5.41) is 8.47. The maximum atomic E-state index is 15.0. The molecule has 4 rings (SSSR count). The molecular formula is C21H18F3N5. The molecule has 8 heteroatoms. The van der Waals surface area contributed by atoms with E-state index < -0.39 is 23.1 Å². The summed E-state index contributed by atoms with van der Waals surface area (Å²) in [6, 6.07) is 10.6. The highest BCUT2D eigenvalue weighted by Gasteiger charge is 2.38. The molecule has 1 heterocycles. The van der Waals surface area contributed by atoms with Crippen LogP contribution in [0.25, 0.3) is 10.9 Å². The third-order valence-corrected chi connectivity index (χ3v) is 4.76. The van der Waals surface area contributed by atoms with Gasteiger partial charge in [0.05, 0.1) is 5.52 Å². The predicted molar refractivity (Wildman–Crippen MR) is 105 cm³/mol. The first-order chi connectivity index (χ1) is 13.8. The number of hydrogen-bond donors (Lipinski definition) is 2. The Morgan fingerprint density at radius 3 is 2.48 bits per heavy atom. The van der Waals surface area contributed by atoms with Crippen molar-refractivity contribution in [3.63, 3.8) is 0 Å². The molecule has 0 unspecified atom stereocenters. The van der Waals surface area contributed by atoms with Gasteiger partial charge in [0.1, 0.15) is 11.7 Å². The maximum Gasteiger partial charge on any atom is 0.331 e. The Kier molecular flexibility index (Phi) is 4.77. The molecule has 1 saturated carbocycles. The molecule has 148 valence electrons. The largest absolute Gasteiger partial charge is 0.387 e. The van der Waals surface area contributed by atoms with Crippen LogP contribution in [0.2, 0.25) is 0 Å². The Morgan fingerprint density at radius 2 is 1.79 bits per heavy atom. The zero-order valence-corrected chi connectivity index (χ0v) is 15.4. The Morgan fingerprint density at radius 1 is 1.10 bits per heavy atom. The summed E-state index contributed by atoms with van der Waals surface area (Å²) in [6.45, 7) is 0. The number of fused-ring (bicyclic) bond motifs is 1. The lowest BCUT2D eigenvalue weighted by Gasteiger charge is -2.16. The number of aliphatic imine (C=N–C) groups is 1. The highest BCUT2D eigenvalue weighted by molar-refractivity contribution is 6.04. The van der Waals surface area contributed by atoms with Gasteiger partial charge in [-0.15, -0.1) is 0 Å². The summed E-state index contributed by atoms with van der Waals surface area (Å²) in [6.07, 6.45) is 2.11. The van der Waals surface area contributed by atoms with Crippen LogP contribution in [-0.2, 0) is 5.92 Å². The molecule has 0 atom stereocenters. The van der Waals surface area contributed by atoms with Gasteiger partial charge in [-0.05, 0) is 55.2 Å². The van der Waals surface area contributed by atoms with Crippen LogP contribution < -0.4 is 5.73 Å². The number of amidine groups is 1. The SMILES string of the molecule is N=C(CC(N)=Nc1nc(C(F)(F)c2ccc(F)cc2)nc2ccccc12)C1CC1. The number of nitrogens with one attached hydrogen (secondary N) is 1. The lowest BCUT2D eigenvalue weighted by atomic mass is 10.1. The normalized spacial score (nSPS) is 14.9. The Balaban J connectivity index is 1.77. The van der Waals surface area contributed by atoms with Crippen LogP contribution >= 0.6 is 0 Å². The molecule has 0 aliphatic heterocycles. The lowest BCUT2D eigenvalue weighted by molar-refractivity contribution is 0.0332. The van der Waals surface area contributed by atoms with E-state index >= 15 is 8.78 Å². The maximum absolute atomic E-state index is 15.0. The van der Waals surface area contributed by atoms with E-state index in [0.29, 0.717) is 16.6 Å². The summed E-state index contributed by atoms with van der Waals surface area (Å²) in [5.74, 6) is -4.50. The Hall–Kier alpha value is -3.29. The van der Waals surface area contributed by atoms with Crippen LogP contribution in [0.4, 0.5) is 19.0 Å². The molecule has 5 nitrogen and oxygen atoms in total. The number of benzene rings is 2. The van der Waals surface area contributed by atoms with Crippen LogP contribution in [-0.4, -0.2) is 21.5 Å². The predicted octanol–water partition coefficient (Wildman–Crippen LogP) is 4.72. The van der Waals surface area contributed by atoms with Gasteiger partial charge < -0.3 is 11.1 Å². The van der Waals surface area contributed by atoms with Crippen LogP contribution in [0.15, 0.2) is 53.5 Å². The van der Waals surface area contributed by atoms with E-state index in [-0.39, 0.29) is 24.0 Å². The molecule has 1 aliphatic carbocycles. The van der Waals surface area contributed by atoms with Crippen LogP contribution in [0.1, 0.15) is 30.7 Å². The minimum absolute atomic E-state index is 0.0217. The first-order valence-electron chi connectivity index (χ1n) is 9.16. The Bertz CT molecular complexity index is 1110. The number of hydrogen-bond acceptors (Lipinski definition) is 4. The average molecular weight is 397 g/mol. The fourth-order valence-corrected chi connectivity index (χ4v) is 3.02. The van der Waals surface area contributed by atoms with Crippen LogP contribution in [0, 0.1) is 17.1 Å². The van der Waals surface area contributed by atoms with E-state index in [2.05, 4.69) is 15.0 Å². The first kappa shape index (κ1) is 19.0. The van der Waals surface area contributed by atoms with E-state index in [0.717, 1.165) is 37.1 Å². The molecular weight excluding hydrogens is 379 g/mol. The van der Waals surface area contributed by atoms with E-state index in [1.807, 2.05) is 0 Å². The first-order valence-corrected chi connectivity index (χ1v) is 9.16. The van der Waals surface area contributed by atoms with Crippen LogP contribution in [0.3, 0.4) is 0 Å².